The quantitative estimate of drug-likeness (QED) is 0.695. The summed E-state index contributed by atoms with van der Waals surface area (Å²) in [6.45, 7) is 4.33. The van der Waals surface area contributed by atoms with E-state index in [1.54, 1.807) is 11.8 Å². The number of aromatic amines is 1. The molecule has 108 valence electrons. The Bertz CT molecular complexity index is 719. The molecule has 0 aliphatic carbocycles. The van der Waals surface area contributed by atoms with Gasteiger partial charge in [-0.2, -0.15) is 0 Å². The van der Waals surface area contributed by atoms with Gasteiger partial charge in [-0.05, 0) is 36.4 Å². The van der Waals surface area contributed by atoms with E-state index in [0.29, 0.717) is 0 Å². The van der Waals surface area contributed by atoms with E-state index in [4.69, 9.17) is 0 Å². The lowest BCUT2D eigenvalue weighted by atomic mass is 10.2. The number of nitrogens with one attached hydrogen (secondary N) is 1. The van der Waals surface area contributed by atoms with Gasteiger partial charge in [0.1, 0.15) is 0 Å². The molecule has 0 fully saturated rings. The third-order valence-corrected chi connectivity index (χ3v) is 5.20. The van der Waals surface area contributed by atoms with E-state index in [0.717, 1.165) is 33.4 Å². The highest BCUT2D eigenvalue weighted by atomic mass is 32.2. The first kappa shape index (κ1) is 14.5. The lowest BCUT2D eigenvalue weighted by Gasteiger charge is -2.08. The van der Waals surface area contributed by atoms with Crippen molar-refractivity contribution in [1.29, 1.82) is 0 Å². The lowest BCUT2D eigenvalue weighted by molar-refractivity contribution is 1.05. The number of hydrogen-bond donors (Lipinski definition) is 1. The van der Waals surface area contributed by atoms with Crippen LogP contribution in [0.4, 0.5) is 0 Å². The molecule has 2 heterocycles. The van der Waals surface area contributed by atoms with E-state index in [2.05, 4.69) is 40.9 Å². The topological polar surface area (TPSA) is 41.6 Å². The maximum absolute atomic E-state index is 4.59. The van der Waals surface area contributed by atoms with Gasteiger partial charge in [-0.3, -0.25) is 4.98 Å². The average Bonchev–Trinajstić information content (AvgIpc) is 2.91. The second kappa shape index (κ2) is 6.54. The summed E-state index contributed by atoms with van der Waals surface area (Å²) in [6.07, 6.45) is 1.90. The number of imidazole rings is 1. The van der Waals surface area contributed by atoms with Crippen molar-refractivity contribution in [2.24, 2.45) is 0 Å². The van der Waals surface area contributed by atoms with E-state index < -0.39 is 0 Å². The summed E-state index contributed by atoms with van der Waals surface area (Å²) in [4.78, 5) is 13.8. The highest BCUT2D eigenvalue weighted by molar-refractivity contribution is 7.99. The predicted molar refractivity (Wildman–Crippen MR) is 91.0 cm³/mol. The van der Waals surface area contributed by atoms with Crippen LogP contribution < -0.4 is 0 Å². The highest BCUT2D eigenvalue weighted by Crippen LogP contribution is 2.28. The Morgan fingerprint density at radius 2 is 2.00 bits per heavy atom. The van der Waals surface area contributed by atoms with Crippen LogP contribution in [0.2, 0.25) is 0 Å². The Morgan fingerprint density at radius 3 is 2.81 bits per heavy atom. The molecule has 0 aliphatic rings. The summed E-state index contributed by atoms with van der Waals surface area (Å²) < 4.78 is 0. The van der Waals surface area contributed by atoms with E-state index in [-0.39, 0.29) is 0 Å². The number of pyridine rings is 1. The van der Waals surface area contributed by atoms with Crippen molar-refractivity contribution in [3.05, 3.63) is 47.8 Å². The number of fused-ring (bicyclic) bond motifs is 1. The molecule has 3 rings (SSSR count). The van der Waals surface area contributed by atoms with Gasteiger partial charge < -0.3 is 4.98 Å². The Hall–Kier alpha value is -1.46. The van der Waals surface area contributed by atoms with Crippen LogP contribution >= 0.6 is 23.5 Å². The monoisotopic (exact) mass is 315 g/mol. The molecule has 5 heteroatoms. The number of thioether (sulfide) groups is 2. The Balaban J connectivity index is 1.76. The number of benzene rings is 1. The SMILES string of the molecule is CCSc1ccnc(CSc2nc3ccccc3[nH]2)c1C. The van der Waals surface area contributed by atoms with Crippen molar-refractivity contribution in [1.82, 2.24) is 15.0 Å². The molecule has 0 saturated carbocycles. The van der Waals surface area contributed by atoms with Crippen LogP contribution in [0.1, 0.15) is 18.2 Å². The van der Waals surface area contributed by atoms with E-state index in [1.165, 1.54) is 10.5 Å². The van der Waals surface area contributed by atoms with Crippen molar-refractivity contribution >= 4 is 34.6 Å². The van der Waals surface area contributed by atoms with E-state index >= 15 is 0 Å². The third-order valence-electron chi connectivity index (χ3n) is 3.27. The van der Waals surface area contributed by atoms with Crippen LogP contribution in [0.3, 0.4) is 0 Å². The molecule has 0 radical (unpaired) electrons. The van der Waals surface area contributed by atoms with Gasteiger partial charge in [0, 0.05) is 16.8 Å². The second-order valence-electron chi connectivity index (χ2n) is 4.66. The molecule has 0 spiro atoms. The van der Waals surface area contributed by atoms with Gasteiger partial charge in [-0.25, -0.2) is 4.98 Å². The lowest BCUT2D eigenvalue weighted by Crippen LogP contribution is -1.94. The third kappa shape index (κ3) is 3.24. The van der Waals surface area contributed by atoms with Gasteiger partial charge in [0.05, 0.1) is 16.7 Å². The first-order chi connectivity index (χ1) is 10.3. The summed E-state index contributed by atoms with van der Waals surface area (Å²) in [7, 11) is 0. The maximum atomic E-state index is 4.59. The fraction of sp³-hybridized carbons (Fsp3) is 0.250. The minimum Gasteiger partial charge on any atom is -0.333 e. The zero-order valence-electron chi connectivity index (χ0n) is 12.1. The molecular weight excluding hydrogens is 298 g/mol. The second-order valence-corrected chi connectivity index (χ2v) is 6.93. The molecule has 0 bridgehead atoms. The molecule has 0 unspecified atom stereocenters. The van der Waals surface area contributed by atoms with Gasteiger partial charge in [0.25, 0.3) is 0 Å². The van der Waals surface area contributed by atoms with Gasteiger partial charge in [0.2, 0.25) is 0 Å². The van der Waals surface area contributed by atoms with Gasteiger partial charge in [-0.15, -0.1) is 11.8 Å². The molecule has 0 atom stereocenters. The zero-order valence-corrected chi connectivity index (χ0v) is 13.7. The van der Waals surface area contributed by atoms with Crippen LogP contribution in [-0.4, -0.2) is 20.7 Å². The van der Waals surface area contributed by atoms with Crippen molar-refractivity contribution < 1.29 is 0 Å². The number of rotatable bonds is 5. The minimum absolute atomic E-state index is 0.837. The average molecular weight is 315 g/mol. The van der Waals surface area contributed by atoms with Crippen LogP contribution in [0.25, 0.3) is 11.0 Å². The zero-order chi connectivity index (χ0) is 14.7. The Labute approximate surface area is 133 Å². The molecule has 2 aromatic heterocycles. The summed E-state index contributed by atoms with van der Waals surface area (Å²) in [5.41, 5.74) is 4.52. The fourth-order valence-electron chi connectivity index (χ4n) is 2.15. The van der Waals surface area contributed by atoms with Crippen LogP contribution in [0.15, 0.2) is 46.6 Å². The van der Waals surface area contributed by atoms with Crippen molar-refractivity contribution in [2.75, 3.05) is 5.75 Å². The fourth-order valence-corrected chi connectivity index (χ4v) is 3.86. The van der Waals surface area contributed by atoms with Crippen molar-refractivity contribution in [3.63, 3.8) is 0 Å². The molecule has 1 aromatic carbocycles. The standard InChI is InChI=1S/C16H17N3S2/c1-3-20-15-8-9-17-14(11(15)2)10-21-16-18-12-6-4-5-7-13(12)19-16/h4-9H,3,10H2,1-2H3,(H,18,19). The summed E-state index contributed by atoms with van der Waals surface area (Å²) >= 11 is 3.57. The van der Waals surface area contributed by atoms with Gasteiger partial charge >= 0.3 is 0 Å². The summed E-state index contributed by atoms with van der Waals surface area (Å²) in [5, 5.41) is 0.950. The largest absolute Gasteiger partial charge is 0.333 e. The smallest absolute Gasteiger partial charge is 0.166 e. The van der Waals surface area contributed by atoms with Gasteiger partial charge in [-0.1, -0.05) is 30.8 Å². The first-order valence-electron chi connectivity index (χ1n) is 6.92. The summed E-state index contributed by atoms with van der Waals surface area (Å²) in [5.74, 6) is 1.92. The molecule has 3 nitrogen and oxygen atoms in total. The molecule has 0 amide bonds. The number of aromatic nitrogens is 3. The molecule has 0 saturated heterocycles. The minimum atomic E-state index is 0.837. The number of nitrogens with zero attached hydrogens (tertiary/aromatic N) is 2. The molecular formula is C16H17N3S2. The molecule has 1 N–H and O–H groups in total. The predicted octanol–water partition coefficient (Wildman–Crippen LogP) is 4.67. The Morgan fingerprint density at radius 1 is 1.14 bits per heavy atom. The number of hydrogen-bond acceptors (Lipinski definition) is 4. The number of H-pyrrole nitrogens is 1. The molecule has 3 aromatic rings. The summed E-state index contributed by atoms with van der Waals surface area (Å²) in [6, 6.07) is 10.2. The van der Waals surface area contributed by atoms with Crippen molar-refractivity contribution in [3.8, 4) is 0 Å². The van der Waals surface area contributed by atoms with Crippen LogP contribution in [0, 0.1) is 6.92 Å². The highest BCUT2D eigenvalue weighted by Gasteiger charge is 2.08. The number of para-hydroxylation sites is 2. The molecule has 0 aliphatic heterocycles. The van der Waals surface area contributed by atoms with E-state index in [9.17, 15) is 0 Å². The van der Waals surface area contributed by atoms with Crippen LogP contribution in [-0.2, 0) is 5.75 Å². The van der Waals surface area contributed by atoms with Crippen LogP contribution in [0.5, 0.6) is 0 Å². The normalized spacial score (nSPS) is 11.1. The Kier molecular flexibility index (Phi) is 4.51. The molecule has 21 heavy (non-hydrogen) atoms. The van der Waals surface area contributed by atoms with Crippen molar-refractivity contribution in [2.45, 2.75) is 29.7 Å². The maximum Gasteiger partial charge on any atom is 0.166 e. The van der Waals surface area contributed by atoms with E-state index in [1.807, 2.05) is 36.2 Å². The first-order valence-corrected chi connectivity index (χ1v) is 8.90. The van der Waals surface area contributed by atoms with Gasteiger partial charge in [0.15, 0.2) is 5.16 Å².